The van der Waals surface area contributed by atoms with Crippen LogP contribution < -0.4 is 4.80 Å². The van der Waals surface area contributed by atoms with E-state index in [0.29, 0.717) is 30.6 Å². The molecule has 9 heteroatoms. The summed E-state index contributed by atoms with van der Waals surface area (Å²) in [5, 5.41) is 0.822. The van der Waals surface area contributed by atoms with Crippen molar-refractivity contribution in [3.63, 3.8) is 0 Å². The number of methoxy groups -OCH3 is 1. The molecule has 1 heterocycles. The number of carbonyl (C=O) groups excluding carboxylic acids is 2. The lowest BCUT2D eigenvalue weighted by Gasteiger charge is -2.05. The number of aromatic nitrogens is 1. The Morgan fingerprint density at radius 2 is 2.04 bits per heavy atom. The number of esters is 1. The number of thiazole rings is 1. The number of ether oxygens (including phenoxy) is 1. The lowest BCUT2D eigenvalue weighted by Crippen LogP contribution is -2.22. The molecule has 0 saturated carbocycles. The van der Waals surface area contributed by atoms with Gasteiger partial charge in [0, 0.05) is 15.1 Å². The molecular weight excluding hydrogens is 463 g/mol. The molecule has 5 nitrogen and oxygen atoms in total. The third kappa shape index (κ3) is 4.01. The number of amides is 1. The van der Waals surface area contributed by atoms with Crippen LogP contribution in [-0.2, 0) is 16.1 Å². The Kier molecular flexibility index (Phi) is 5.82. The molecule has 0 aliphatic heterocycles. The Bertz CT molecular complexity index is 1090. The molecular formula is C17H11BrCl2N2O3S. The summed E-state index contributed by atoms with van der Waals surface area (Å²) < 4.78 is 7.78. The first-order valence-corrected chi connectivity index (χ1v) is 9.65. The standard InChI is InChI=1S/C17H11BrCl2N2O3S/c1-25-14(23)8-22-15-12(20)6-11(19)7-13(15)26-17(22)21-16(24)9-3-2-4-10(18)5-9/h2-7H,8H2,1H3. The summed E-state index contributed by atoms with van der Waals surface area (Å²) >= 11 is 16.9. The third-order valence-electron chi connectivity index (χ3n) is 3.48. The van der Waals surface area contributed by atoms with Crippen LogP contribution in [0.4, 0.5) is 0 Å². The zero-order valence-corrected chi connectivity index (χ0v) is 17.2. The third-order valence-corrected chi connectivity index (χ3v) is 5.50. The molecule has 0 radical (unpaired) electrons. The van der Waals surface area contributed by atoms with Crippen LogP contribution in [-0.4, -0.2) is 23.6 Å². The SMILES string of the molecule is COC(=O)Cn1c(=NC(=O)c2cccc(Br)c2)sc2cc(Cl)cc(Cl)c21. The number of nitrogens with zero attached hydrogens (tertiary/aromatic N) is 2. The summed E-state index contributed by atoms with van der Waals surface area (Å²) in [6.45, 7) is -0.123. The van der Waals surface area contributed by atoms with Crippen molar-refractivity contribution >= 4 is 72.6 Å². The molecule has 0 spiro atoms. The van der Waals surface area contributed by atoms with Crippen molar-refractivity contribution in [2.45, 2.75) is 6.54 Å². The topological polar surface area (TPSA) is 60.7 Å². The Morgan fingerprint density at radius 1 is 1.27 bits per heavy atom. The average molecular weight is 474 g/mol. The molecule has 0 N–H and O–H groups in total. The van der Waals surface area contributed by atoms with E-state index in [1.807, 2.05) is 6.07 Å². The summed E-state index contributed by atoms with van der Waals surface area (Å²) in [7, 11) is 1.29. The summed E-state index contributed by atoms with van der Waals surface area (Å²) in [6, 6.07) is 10.2. The van der Waals surface area contributed by atoms with Crippen LogP contribution in [0.25, 0.3) is 10.2 Å². The lowest BCUT2D eigenvalue weighted by molar-refractivity contribution is -0.141. The summed E-state index contributed by atoms with van der Waals surface area (Å²) in [5.74, 6) is -0.911. The maximum atomic E-state index is 12.5. The minimum atomic E-state index is -0.480. The first-order valence-electron chi connectivity index (χ1n) is 7.29. The van der Waals surface area contributed by atoms with Gasteiger partial charge in [-0.15, -0.1) is 0 Å². The van der Waals surface area contributed by atoms with E-state index in [4.69, 9.17) is 27.9 Å². The largest absolute Gasteiger partial charge is 0.468 e. The van der Waals surface area contributed by atoms with Crippen LogP contribution in [0.15, 0.2) is 45.9 Å². The molecule has 1 amide bonds. The van der Waals surface area contributed by atoms with Crippen LogP contribution >= 0.6 is 50.5 Å². The van der Waals surface area contributed by atoms with Gasteiger partial charge in [-0.25, -0.2) is 0 Å². The van der Waals surface area contributed by atoms with Crippen LogP contribution in [0, 0.1) is 0 Å². The number of fused-ring (bicyclic) bond motifs is 1. The van der Waals surface area contributed by atoms with Crippen molar-refractivity contribution in [3.05, 3.63) is 61.3 Å². The summed E-state index contributed by atoms with van der Waals surface area (Å²) in [6.07, 6.45) is 0. The minimum absolute atomic E-state index is 0.123. The lowest BCUT2D eigenvalue weighted by atomic mass is 10.2. The number of rotatable bonds is 3. The molecule has 0 saturated heterocycles. The fourth-order valence-corrected chi connectivity index (χ4v) is 4.54. The van der Waals surface area contributed by atoms with Crippen molar-refractivity contribution in [1.29, 1.82) is 0 Å². The fraction of sp³-hybridized carbons (Fsp3) is 0.118. The van der Waals surface area contributed by atoms with Gasteiger partial charge in [-0.1, -0.05) is 56.5 Å². The predicted molar refractivity (Wildman–Crippen MR) is 106 cm³/mol. The van der Waals surface area contributed by atoms with Gasteiger partial charge in [-0.05, 0) is 30.3 Å². The molecule has 0 bridgehead atoms. The van der Waals surface area contributed by atoms with E-state index in [1.165, 1.54) is 18.4 Å². The van der Waals surface area contributed by atoms with Gasteiger partial charge in [0.2, 0.25) is 0 Å². The van der Waals surface area contributed by atoms with Crippen LogP contribution in [0.5, 0.6) is 0 Å². The molecule has 3 aromatic rings. The maximum Gasteiger partial charge on any atom is 0.325 e. The van der Waals surface area contributed by atoms with E-state index in [1.54, 1.807) is 34.9 Å². The maximum absolute atomic E-state index is 12.5. The number of benzene rings is 2. The Morgan fingerprint density at radius 3 is 2.73 bits per heavy atom. The molecule has 2 aromatic carbocycles. The van der Waals surface area contributed by atoms with Crippen molar-refractivity contribution in [2.75, 3.05) is 7.11 Å². The Labute approximate surface area is 171 Å². The van der Waals surface area contributed by atoms with E-state index < -0.39 is 11.9 Å². The van der Waals surface area contributed by atoms with E-state index in [0.717, 1.165) is 4.47 Å². The van der Waals surface area contributed by atoms with Crippen molar-refractivity contribution in [3.8, 4) is 0 Å². The molecule has 1 aromatic heterocycles. The van der Waals surface area contributed by atoms with Crippen molar-refractivity contribution in [1.82, 2.24) is 4.57 Å². The highest BCUT2D eigenvalue weighted by molar-refractivity contribution is 9.10. The second kappa shape index (κ2) is 7.92. The van der Waals surface area contributed by atoms with Gasteiger partial charge in [-0.3, -0.25) is 9.59 Å². The average Bonchev–Trinajstić information content (AvgIpc) is 2.91. The van der Waals surface area contributed by atoms with Crippen LogP contribution in [0.1, 0.15) is 10.4 Å². The Balaban J connectivity index is 2.20. The van der Waals surface area contributed by atoms with Crippen LogP contribution in [0.3, 0.4) is 0 Å². The van der Waals surface area contributed by atoms with Gasteiger partial charge in [0.25, 0.3) is 5.91 Å². The molecule has 0 fully saturated rings. The normalized spacial score (nSPS) is 11.8. The smallest absolute Gasteiger partial charge is 0.325 e. The van der Waals surface area contributed by atoms with Gasteiger partial charge in [0.1, 0.15) is 6.54 Å². The second-order valence-electron chi connectivity index (χ2n) is 5.21. The molecule has 26 heavy (non-hydrogen) atoms. The molecule has 0 aliphatic carbocycles. The van der Waals surface area contributed by atoms with Gasteiger partial charge < -0.3 is 9.30 Å². The van der Waals surface area contributed by atoms with Gasteiger partial charge in [0.05, 0.1) is 22.3 Å². The highest BCUT2D eigenvalue weighted by Gasteiger charge is 2.15. The minimum Gasteiger partial charge on any atom is -0.468 e. The first kappa shape index (κ1) is 19.1. The molecule has 0 unspecified atom stereocenters. The highest BCUT2D eigenvalue weighted by Crippen LogP contribution is 2.29. The number of hydrogen-bond donors (Lipinski definition) is 0. The zero-order valence-electron chi connectivity index (χ0n) is 13.3. The van der Waals surface area contributed by atoms with Gasteiger partial charge in [0.15, 0.2) is 4.80 Å². The van der Waals surface area contributed by atoms with E-state index in [-0.39, 0.29) is 6.54 Å². The molecule has 3 rings (SSSR count). The quantitative estimate of drug-likeness (QED) is 0.518. The number of carbonyl (C=O) groups is 2. The summed E-state index contributed by atoms with van der Waals surface area (Å²) in [5.41, 5.74) is 0.998. The summed E-state index contributed by atoms with van der Waals surface area (Å²) in [4.78, 5) is 28.9. The molecule has 0 atom stereocenters. The van der Waals surface area contributed by atoms with Crippen molar-refractivity contribution in [2.24, 2.45) is 4.99 Å². The predicted octanol–water partition coefficient (Wildman–Crippen LogP) is 4.69. The zero-order chi connectivity index (χ0) is 18.8. The second-order valence-corrected chi connectivity index (χ2v) is 7.98. The number of halogens is 3. The monoisotopic (exact) mass is 472 g/mol. The van der Waals surface area contributed by atoms with E-state index in [9.17, 15) is 9.59 Å². The van der Waals surface area contributed by atoms with E-state index in [2.05, 4.69) is 20.9 Å². The Hall–Kier alpha value is -1.67. The highest BCUT2D eigenvalue weighted by atomic mass is 79.9. The fourth-order valence-electron chi connectivity index (χ4n) is 2.33. The number of hydrogen-bond acceptors (Lipinski definition) is 4. The first-order chi connectivity index (χ1) is 12.4. The van der Waals surface area contributed by atoms with Crippen LogP contribution in [0.2, 0.25) is 10.0 Å². The molecule has 134 valence electrons. The van der Waals surface area contributed by atoms with E-state index >= 15 is 0 Å². The van der Waals surface area contributed by atoms with Gasteiger partial charge >= 0.3 is 5.97 Å². The van der Waals surface area contributed by atoms with Crippen molar-refractivity contribution < 1.29 is 14.3 Å². The molecule has 0 aliphatic rings. The van der Waals surface area contributed by atoms with Gasteiger partial charge in [-0.2, -0.15) is 4.99 Å².